The van der Waals surface area contributed by atoms with E-state index in [9.17, 15) is 8.42 Å². The Bertz CT molecular complexity index is 538. The second-order valence-electron chi connectivity index (χ2n) is 4.77. The topological polar surface area (TPSA) is 75.6 Å². The number of rotatable bonds is 7. The molecule has 1 aromatic rings. The molecule has 106 valence electrons. The molecule has 1 fully saturated rings. The summed E-state index contributed by atoms with van der Waals surface area (Å²) in [6.07, 6.45) is 3.29. The Balaban J connectivity index is 2.13. The van der Waals surface area contributed by atoms with Crippen LogP contribution in [0, 0.1) is 5.92 Å². The van der Waals surface area contributed by atoms with Crippen LogP contribution in [0.3, 0.4) is 0 Å². The number of hydrogen-bond acceptors (Lipinski definition) is 4. The molecule has 0 bridgehead atoms. The van der Waals surface area contributed by atoms with Crippen LogP contribution in [0.4, 0.5) is 0 Å². The van der Waals surface area contributed by atoms with Gasteiger partial charge in [0.25, 0.3) is 0 Å². The number of aliphatic hydroxyl groups is 1. The first-order valence-corrected chi connectivity index (χ1v) is 7.82. The van der Waals surface area contributed by atoms with Crippen molar-refractivity contribution in [3.05, 3.63) is 23.8 Å². The first-order valence-electron chi connectivity index (χ1n) is 6.34. The molecule has 0 unspecified atom stereocenters. The van der Waals surface area contributed by atoms with Crippen LogP contribution >= 0.6 is 0 Å². The Hall–Kier alpha value is -1.11. The minimum Gasteiger partial charge on any atom is -0.495 e. The highest BCUT2D eigenvalue weighted by atomic mass is 32.2. The van der Waals surface area contributed by atoms with E-state index in [0.717, 1.165) is 6.42 Å². The maximum absolute atomic E-state index is 12.2. The molecule has 0 aromatic heterocycles. The van der Waals surface area contributed by atoms with Gasteiger partial charge in [0.2, 0.25) is 10.0 Å². The van der Waals surface area contributed by atoms with Gasteiger partial charge >= 0.3 is 0 Å². The average molecular weight is 285 g/mol. The number of sulfonamides is 1. The summed E-state index contributed by atoms with van der Waals surface area (Å²) in [6, 6.07) is 4.58. The zero-order chi connectivity index (χ0) is 13.9. The number of benzene rings is 1. The number of ether oxygens (including phenoxy) is 1. The molecule has 0 heterocycles. The van der Waals surface area contributed by atoms with Crippen molar-refractivity contribution in [1.29, 1.82) is 0 Å². The van der Waals surface area contributed by atoms with Crippen molar-refractivity contribution in [2.75, 3.05) is 13.7 Å². The molecule has 0 aliphatic heterocycles. The lowest BCUT2D eigenvalue weighted by molar-refractivity contribution is 0.280. The van der Waals surface area contributed by atoms with Crippen LogP contribution in [-0.2, 0) is 16.6 Å². The SMILES string of the molecule is COc1cc(CO)ccc1S(=O)(=O)NCCC1CC1. The Morgan fingerprint density at radius 2 is 2.16 bits per heavy atom. The van der Waals surface area contributed by atoms with Crippen molar-refractivity contribution in [1.82, 2.24) is 4.72 Å². The highest BCUT2D eigenvalue weighted by Gasteiger charge is 2.23. The second-order valence-corrected chi connectivity index (χ2v) is 6.51. The van der Waals surface area contributed by atoms with E-state index in [1.165, 1.54) is 32.1 Å². The summed E-state index contributed by atoms with van der Waals surface area (Å²) in [7, 11) is -2.14. The van der Waals surface area contributed by atoms with Crippen molar-refractivity contribution in [3.63, 3.8) is 0 Å². The van der Waals surface area contributed by atoms with Crippen LogP contribution in [0.15, 0.2) is 23.1 Å². The molecule has 0 spiro atoms. The fourth-order valence-electron chi connectivity index (χ4n) is 1.91. The number of aliphatic hydroxyl groups excluding tert-OH is 1. The van der Waals surface area contributed by atoms with Gasteiger partial charge in [0.1, 0.15) is 10.6 Å². The normalized spacial score (nSPS) is 15.5. The van der Waals surface area contributed by atoms with Crippen molar-refractivity contribution < 1.29 is 18.3 Å². The van der Waals surface area contributed by atoms with Gasteiger partial charge in [-0.1, -0.05) is 18.9 Å². The third-order valence-electron chi connectivity index (χ3n) is 3.24. The standard InChI is InChI=1S/C13H19NO4S/c1-18-12-8-11(9-15)4-5-13(12)19(16,17)14-7-6-10-2-3-10/h4-5,8,10,14-15H,2-3,6-7,9H2,1H3. The fraction of sp³-hybridized carbons (Fsp3) is 0.538. The number of nitrogens with one attached hydrogen (secondary N) is 1. The zero-order valence-electron chi connectivity index (χ0n) is 10.9. The molecule has 6 heteroatoms. The van der Waals surface area contributed by atoms with Gasteiger partial charge in [-0.05, 0) is 30.0 Å². The van der Waals surface area contributed by atoms with Gasteiger partial charge < -0.3 is 9.84 Å². The van der Waals surface area contributed by atoms with Crippen molar-refractivity contribution in [3.8, 4) is 5.75 Å². The molecule has 2 rings (SSSR count). The Morgan fingerprint density at radius 1 is 1.42 bits per heavy atom. The fourth-order valence-corrected chi connectivity index (χ4v) is 3.11. The van der Waals surface area contributed by atoms with Crippen LogP contribution in [0.5, 0.6) is 5.75 Å². The lowest BCUT2D eigenvalue weighted by Crippen LogP contribution is -2.25. The highest BCUT2D eigenvalue weighted by Crippen LogP contribution is 2.32. The average Bonchev–Trinajstić information content (AvgIpc) is 3.21. The van der Waals surface area contributed by atoms with Crippen molar-refractivity contribution in [2.45, 2.75) is 30.8 Å². The molecule has 2 N–H and O–H groups in total. The highest BCUT2D eigenvalue weighted by molar-refractivity contribution is 7.89. The summed E-state index contributed by atoms with van der Waals surface area (Å²) in [5, 5.41) is 9.04. The molecule has 5 nitrogen and oxygen atoms in total. The summed E-state index contributed by atoms with van der Waals surface area (Å²) >= 11 is 0. The van der Waals surface area contributed by atoms with E-state index < -0.39 is 10.0 Å². The van der Waals surface area contributed by atoms with Crippen LogP contribution in [0.1, 0.15) is 24.8 Å². The van der Waals surface area contributed by atoms with Crippen LogP contribution in [-0.4, -0.2) is 27.2 Å². The molecule has 19 heavy (non-hydrogen) atoms. The molecule has 0 amide bonds. The molecule has 1 aliphatic carbocycles. The first kappa shape index (κ1) is 14.3. The smallest absolute Gasteiger partial charge is 0.244 e. The monoisotopic (exact) mass is 285 g/mol. The maximum atomic E-state index is 12.2. The lowest BCUT2D eigenvalue weighted by Gasteiger charge is -2.11. The summed E-state index contributed by atoms with van der Waals surface area (Å²) in [4.78, 5) is 0.114. The van der Waals surface area contributed by atoms with E-state index in [1.54, 1.807) is 6.07 Å². The summed E-state index contributed by atoms with van der Waals surface area (Å²) in [6.45, 7) is 0.309. The predicted molar refractivity (Wildman–Crippen MR) is 71.4 cm³/mol. The summed E-state index contributed by atoms with van der Waals surface area (Å²) in [5.41, 5.74) is 0.619. The molecule has 1 saturated carbocycles. The number of methoxy groups -OCH3 is 1. The van der Waals surface area contributed by atoms with Crippen molar-refractivity contribution in [2.24, 2.45) is 5.92 Å². The van der Waals surface area contributed by atoms with Gasteiger partial charge in [-0.15, -0.1) is 0 Å². The third kappa shape index (κ3) is 3.68. The molecular formula is C13H19NO4S. The van der Waals surface area contributed by atoms with Gasteiger partial charge in [-0.2, -0.15) is 0 Å². The minimum atomic E-state index is -3.55. The molecule has 0 radical (unpaired) electrons. The summed E-state index contributed by atoms with van der Waals surface area (Å²) in [5.74, 6) is 0.937. The Labute approximate surface area is 113 Å². The van der Waals surface area contributed by atoms with Gasteiger partial charge in [0.05, 0.1) is 13.7 Å². The largest absolute Gasteiger partial charge is 0.495 e. The van der Waals surface area contributed by atoms with Gasteiger partial charge in [-0.3, -0.25) is 0 Å². The van der Waals surface area contributed by atoms with Crippen molar-refractivity contribution >= 4 is 10.0 Å². The molecule has 1 aliphatic rings. The Kier molecular flexibility index (Phi) is 4.44. The summed E-state index contributed by atoms with van der Waals surface area (Å²) < 4.78 is 32.0. The van der Waals surface area contributed by atoms with Crippen LogP contribution in [0.25, 0.3) is 0 Å². The molecule has 0 saturated heterocycles. The number of hydrogen-bond donors (Lipinski definition) is 2. The van der Waals surface area contributed by atoms with E-state index in [1.807, 2.05) is 0 Å². The van der Waals surface area contributed by atoms with E-state index in [0.29, 0.717) is 18.0 Å². The van der Waals surface area contributed by atoms with Gasteiger partial charge in [-0.25, -0.2) is 13.1 Å². The quantitative estimate of drug-likeness (QED) is 0.791. The molecular weight excluding hydrogens is 266 g/mol. The third-order valence-corrected chi connectivity index (χ3v) is 4.74. The Morgan fingerprint density at radius 3 is 2.74 bits per heavy atom. The molecule has 0 atom stereocenters. The van der Waals surface area contributed by atoms with E-state index >= 15 is 0 Å². The maximum Gasteiger partial charge on any atom is 0.244 e. The zero-order valence-corrected chi connectivity index (χ0v) is 11.7. The predicted octanol–water partition coefficient (Wildman–Crippen LogP) is 1.27. The van der Waals surface area contributed by atoms with Crippen LogP contribution < -0.4 is 9.46 Å². The minimum absolute atomic E-state index is 0.114. The van der Waals surface area contributed by atoms with E-state index in [-0.39, 0.29) is 17.3 Å². The van der Waals surface area contributed by atoms with E-state index in [4.69, 9.17) is 9.84 Å². The van der Waals surface area contributed by atoms with Crippen LogP contribution in [0.2, 0.25) is 0 Å². The van der Waals surface area contributed by atoms with Gasteiger partial charge in [0, 0.05) is 6.54 Å². The van der Waals surface area contributed by atoms with E-state index in [2.05, 4.69) is 4.72 Å². The molecule has 1 aromatic carbocycles. The second kappa shape index (κ2) is 5.90. The lowest BCUT2D eigenvalue weighted by atomic mass is 10.2. The first-order chi connectivity index (χ1) is 9.06. The van der Waals surface area contributed by atoms with Gasteiger partial charge in [0.15, 0.2) is 0 Å².